The number of hydrogen-bond donors (Lipinski definition) is 3. The Bertz CT molecular complexity index is 549. The topological polar surface area (TPSA) is 109 Å². The van der Waals surface area contributed by atoms with Gasteiger partial charge in [-0.25, -0.2) is 17.9 Å². The predicted molar refractivity (Wildman–Crippen MR) is 68.6 cm³/mol. The van der Waals surface area contributed by atoms with Crippen LogP contribution in [0.1, 0.15) is 30.8 Å². The molecule has 3 N–H and O–H groups in total. The minimum Gasteiger partial charge on any atom is -0.477 e. The van der Waals surface area contributed by atoms with Crippen LogP contribution in [0.2, 0.25) is 0 Å². The minimum atomic E-state index is -3.80. The van der Waals surface area contributed by atoms with Crippen molar-refractivity contribution in [3.05, 3.63) is 18.0 Å². The number of carbonyl (C=O) groups is 1. The fourth-order valence-corrected chi connectivity index (χ4v) is 2.62. The Morgan fingerprint density at radius 3 is 2.53 bits per heavy atom. The fraction of sp³-hybridized carbons (Fsp3) is 0.545. The van der Waals surface area contributed by atoms with Crippen LogP contribution in [0.25, 0.3) is 0 Å². The van der Waals surface area contributed by atoms with E-state index in [1.165, 1.54) is 10.8 Å². The molecule has 0 spiro atoms. The van der Waals surface area contributed by atoms with E-state index < -0.39 is 22.1 Å². The number of sulfonamides is 1. The molecule has 0 aliphatic rings. The normalized spacial score (nSPS) is 13.4. The highest BCUT2D eigenvalue weighted by Gasteiger charge is 2.21. The summed E-state index contributed by atoms with van der Waals surface area (Å²) < 4.78 is 27.4. The summed E-state index contributed by atoms with van der Waals surface area (Å²) >= 11 is 0. The number of aromatic carboxylic acids is 1. The molecule has 7 nitrogen and oxygen atoms in total. The number of carboxylic acids is 1. The van der Waals surface area contributed by atoms with Gasteiger partial charge in [-0.05, 0) is 19.4 Å². The van der Waals surface area contributed by atoms with Crippen molar-refractivity contribution in [3.8, 4) is 0 Å². The number of hydrogen-bond acceptors (Lipinski definition) is 4. The van der Waals surface area contributed by atoms with Crippen molar-refractivity contribution in [3.63, 3.8) is 0 Å². The highest BCUT2D eigenvalue weighted by molar-refractivity contribution is 7.89. The second-order valence-electron chi connectivity index (χ2n) is 4.07. The number of aryl methyl sites for hydroxylation is 1. The maximum Gasteiger partial charge on any atom is 0.352 e. The number of aliphatic hydroxyl groups is 1. The number of aliphatic hydroxyl groups excluding tert-OH is 1. The van der Waals surface area contributed by atoms with Crippen molar-refractivity contribution in [2.75, 3.05) is 6.54 Å². The Balaban J connectivity index is 2.99. The zero-order valence-electron chi connectivity index (χ0n) is 10.8. The Kier molecular flexibility index (Phi) is 5.10. The predicted octanol–water partition coefficient (Wildman–Crippen LogP) is 0.255. The van der Waals surface area contributed by atoms with E-state index >= 15 is 0 Å². The Labute approximate surface area is 111 Å². The first-order valence-electron chi connectivity index (χ1n) is 5.93. The van der Waals surface area contributed by atoms with E-state index in [1.54, 1.807) is 13.8 Å². The zero-order valence-corrected chi connectivity index (χ0v) is 11.6. The monoisotopic (exact) mass is 290 g/mol. The van der Waals surface area contributed by atoms with Gasteiger partial charge in [0.15, 0.2) is 0 Å². The third-order valence-corrected chi connectivity index (χ3v) is 4.11. The molecule has 0 fully saturated rings. The molecular weight excluding hydrogens is 272 g/mol. The van der Waals surface area contributed by atoms with Crippen LogP contribution in [0.5, 0.6) is 0 Å². The van der Waals surface area contributed by atoms with E-state index in [4.69, 9.17) is 5.11 Å². The molecule has 1 rings (SSSR count). The summed E-state index contributed by atoms with van der Waals surface area (Å²) in [7, 11) is -3.80. The SMILES string of the molecule is CCC(O)CNS(=O)(=O)c1cc(C(=O)O)n(CC)c1. The van der Waals surface area contributed by atoms with Crippen LogP contribution in [0.4, 0.5) is 0 Å². The molecule has 0 amide bonds. The van der Waals surface area contributed by atoms with E-state index in [0.717, 1.165) is 6.07 Å². The number of rotatable bonds is 7. The molecule has 1 unspecified atom stereocenters. The zero-order chi connectivity index (χ0) is 14.6. The largest absolute Gasteiger partial charge is 0.477 e. The first-order chi connectivity index (χ1) is 8.81. The summed E-state index contributed by atoms with van der Waals surface area (Å²) in [5.74, 6) is -1.18. The van der Waals surface area contributed by atoms with Crippen LogP contribution in [0.3, 0.4) is 0 Å². The van der Waals surface area contributed by atoms with Crippen LogP contribution in [0, 0.1) is 0 Å². The molecule has 0 aromatic carbocycles. The highest BCUT2D eigenvalue weighted by Crippen LogP contribution is 2.14. The third-order valence-electron chi connectivity index (χ3n) is 2.72. The fourth-order valence-electron chi connectivity index (χ4n) is 1.50. The van der Waals surface area contributed by atoms with Crippen molar-refractivity contribution in [1.82, 2.24) is 9.29 Å². The lowest BCUT2D eigenvalue weighted by Gasteiger charge is -2.08. The molecule has 108 valence electrons. The van der Waals surface area contributed by atoms with Crippen LogP contribution >= 0.6 is 0 Å². The van der Waals surface area contributed by atoms with E-state index in [-0.39, 0.29) is 17.1 Å². The Morgan fingerprint density at radius 1 is 1.47 bits per heavy atom. The second kappa shape index (κ2) is 6.18. The molecule has 1 aromatic rings. The number of carboxylic acid groups (broad SMARTS) is 1. The summed E-state index contributed by atoms with van der Waals surface area (Å²) in [5, 5.41) is 18.3. The first kappa shape index (κ1) is 15.7. The second-order valence-corrected chi connectivity index (χ2v) is 5.83. The maximum absolute atomic E-state index is 11.9. The van der Waals surface area contributed by atoms with Gasteiger partial charge in [0.05, 0.1) is 6.10 Å². The van der Waals surface area contributed by atoms with E-state index in [9.17, 15) is 18.3 Å². The Hall–Kier alpha value is -1.38. The molecular formula is C11H18N2O5S. The van der Waals surface area contributed by atoms with E-state index in [0.29, 0.717) is 13.0 Å². The highest BCUT2D eigenvalue weighted by atomic mass is 32.2. The average molecular weight is 290 g/mol. The maximum atomic E-state index is 11.9. The summed E-state index contributed by atoms with van der Waals surface area (Å²) in [6.07, 6.45) is 0.935. The van der Waals surface area contributed by atoms with Crippen LogP contribution < -0.4 is 4.72 Å². The Morgan fingerprint density at radius 2 is 2.11 bits per heavy atom. The molecule has 1 aromatic heterocycles. The molecule has 0 radical (unpaired) electrons. The van der Waals surface area contributed by atoms with Crippen LogP contribution in [-0.4, -0.2) is 41.8 Å². The average Bonchev–Trinajstić information content (AvgIpc) is 2.81. The summed E-state index contributed by atoms with van der Waals surface area (Å²) in [6, 6.07) is 1.10. The lowest BCUT2D eigenvalue weighted by atomic mass is 10.3. The molecule has 0 aliphatic heterocycles. The summed E-state index contributed by atoms with van der Waals surface area (Å²) in [6.45, 7) is 3.71. The van der Waals surface area contributed by atoms with Gasteiger partial charge >= 0.3 is 5.97 Å². The standard InChI is InChI=1S/C11H18N2O5S/c1-3-8(14)6-12-19(17,18)9-5-10(11(15)16)13(4-2)7-9/h5,7-8,12,14H,3-4,6H2,1-2H3,(H,15,16). The van der Waals surface area contributed by atoms with Gasteiger partial charge in [-0.15, -0.1) is 0 Å². The number of nitrogens with zero attached hydrogens (tertiary/aromatic N) is 1. The van der Waals surface area contributed by atoms with Crippen LogP contribution in [0.15, 0.2) is 17.2 Å². The van der Waals surface area contributed by atoms with Gasteiger partial charge in [-0.2, -0.15) is 0 Å². The van der Waals surface area contributed by atoms with Crippen LogP contribution in [-0.2, 0) is 16.6 Å². The van der Waals surface area contributed by atoms with Crippen molar-refractivity contribution in [2.45, 2.75) is 37.8 Å². The van der Waals surface area contributed by atoms with Gasteiger partial charge < -0.3 is 14.8 Å². The molecule has 8 heteroatoms. The molecule has 1 heterocycles. The van der Waals surface area contributed by atoms with Gasteiger partial charge in [0, 0.05) is 19.3 Å². The van der Waals surface area contributed by atoms with Gasteiger partial charge in [0.2, 0.25) is 10.0 Å². The summed E-state index contributed by atoms with van der Waals surface area (Å²) in [4.78, 5) is 10.8. The molecule has 0 bridgehead atoms. The van der Waals surface area contributed by atoms with E-state index in [1.807, 2.05) is 0 Å². The lowest BCUT2D eigenvalue weighted by Crippen LogP contribution is -2.31. The number of aromatic nitrogens is 1. The van der Waals surface area contributed by atoms with Gasteiger partial charge in [0.1, 0.15) is 10.6 Å². The van der Waals surface area contributed by atoms with Crippen molar-refractivity contribution < 1.29 is 23.4 Å². The van der Waals surface area contributed by atoms with Crippen molar-refractivity contribution >= 4 is 16.0 Å². The van der Waals surface area contributed by atoms with Gasteiger partial charge in [-0.1, -0.05) is 6.92 Å². The molecule has 0 saturated carbocycles. The number of nitrogens with one attached hydrogen (secondary N) is 1. The molecule has 0 aliphatic carbocycles. The van der Waals surface area contributed by atoms with Gasteiger partial charge in [0.25, 0.3) is 0 Å². The third kappa shape index (κ3) is 3.79. The van der Waals surface area contributed by atoms with Crippen molar-refractivity contribution in [1.29, 1.82) is 0 Å². The quantitative estimate of drug-likeness (QED) is 0.667. The minimum absolute atomic E-state index is 0.0843. The van der Waals surface area contributed by atoms with E-state index in [2.05, 4.69) is 4.72 Å². The molecule has 19 heavy (non-hydrogen) atoms. The van der Waals surface area contributed by atoms with Gasteiger partial charge in [-0.3, -0.25) is 0 Å². The van der Waals surface area contributed by atoms with Crippen molar-refractivity contribution in [2.24, 2.45) is 0 Å². The first-order valence-corrected chi connectivity index (χ1v) is 7.41. The lowest BCUT2D eigenvalue weighted by molar-refractivity contribution is 0.0685. The molecule has 1 atom stereocenters. The smallest absolute Gasteiger partial charge is 0.352 e. The molecule has 0 saturated heterocycles. The summed E-state index contributed by atoms with van der Waals surface area (Å²) in [5.41, 5.74) is -0.0843.